The van der Waals surface area contributed by atoms with Gasteiger partial charge < -0.3 is 5.11 Å². The van der Waals surface area contributed by atoms with Crippen molar-refractivity contribution in [2.45, 2.75) is 48.3 Å². The van der Waals surface area contributed by atoms with E-state index in [9.17, 15) is 13.2 Å². The number of nitrogens with one attached hydrogen (secondary N) is 1. The summed E-state index contributed by atoms with van der Waals surface area (Å²) in [7, 11) is -3.51. The molecule has 7 heteroatoms. The molecule has 0 amide bonds. The van der Waals surface area contributed by atoms with Crippen LogP contribution in [0, 0.1) is 0 Å². The molecule has 1 aromatic rings. The zero-order valence-corrected chi connectivity index (χ0v) is 13.5. The van der Waals surface area contributed by atoms with Crippen molar-refractivity contribution >= 4 is 27.8 Å². The molecule has 20 heavy (non-hydrogen) atoms. The van der Waals surface area contributed by atoms with Crippen LogP contribution in [0.25, 0.3) is 0 Å². The van der Waals surface area contributed by atoms with Gasteiger partial charge in [-0.2, -0.15) is 0 Å². The normalized spacial score (nSPS) is 12.7. The molecule has 0 saturated heterocycles. The highest BCUT2D eigenvalue weighted by molar-refractivity contribution is 8.01. The van der Waals surface area contributed by atoms with Gasteiger partial charge in [-0.3, -0.25) is 4.79 Å². The van der Waals surface area contributed by atoms with Crippen LogP contribution < -0.4 is 4.72 Å². The van der Waals surface area contributed by atoms with Crippen LogP contribution >= 0.6 is 11.8 Å². The summed E-state index contributed by atoms with van der Waals surface area (Å²) in [5, 5.41) is 9.06. The molecule has 0 spiro atoms. The Kier molecular flexibility index (Phi) is 5.23. The van der Waals surface area contributed by atoms with Crippen LogP contribution in [0.5, 0.6) is 0 Å². The topological polar surface area (TPSA) is 83.5 Å². The predicted molar refractivity (Wildman–Crippen MR) is 79.5 cm³/mol. The molecule has 0 aliphatic carbocycles. The fourth-order valence-electron chi connectivity index (χ4n) is 1.40. The summed E-state index contributed by atoms with van der Waals surface area (Å²) in [6, 6.07) is 6.00. The first-order valence-corrected chi connectivity index (χ1v) is 8.39. The number of rotatable bonds is 6. The van der Waals surface area contributed by atoms with Gasteiger partial charge in [-0.1, -0.05) is 0 Å². The number of hydrogen-bond donors (Lipinski definition) is 2. The van der Waals surface area contributed by atoms with Crippen molar-refractivity contribution in [3.8, 4) is 0 Å². The Bertz CT molecular complexity index is 577. The summed E-state index contributed by atoms with van der Waals surface area (Å²) in [6.07, 6.45) is 0. The number of sulfonamides is 1. The molecule has 0 aliphatic rings. The lowest BCUT2D eigenvalue weighted by Crippen LogP contribution is -2.30. The number of hydrogen-bond acceptors (Lipinski definition) is 4. The third-order valence-corrected chi connectivity index (χ3v) is 5.28. The third-order valence-electron chi connectivity index (χ3n) is 2.41. The largest absolute Gasteiger partial charge is 0.480 e. The van der Waals surface area contributed by atoms with Crippen molar-refractivity contribution in [2.24, 2.45) is 0 Å². The molecule has 0 saturated carbocycles. The minimum atomic E-state index is -3.51. The van der Waals surface area contributed by atoms with Crippen LogP contribution in [0.15, 0.2) is 34.1 Å². The van der Waals surface area contributed by atoms with Gasteiger partial charge in [-0.15, -0.1) is 11.8 Å². The summed E-state index contributed by atoms with van der Waals surface area (Å²) < 4.78 is 25.4. The predicted octanol–water partition coefficient (Wildman–Crippen LogP) is 2.33. The zero-order chi connectivity index (χ0) is 15.6. The number of aliphatic carboxylic acids is 1. The van der Waals surface area contributed by atoms with E-state index in [1.807, 2.05) is 0 Å². The van der Waals surface area contributed by atoms with Gasteiger partial charge in [0.15, 0.2) is 0 Å². The molecule has 0 aliphatic heterocycles. The molecule has 112 valence electrons. The summed E-state index contributed by atoms with van der Waals surface area (Å²) in [5.74, 6) is -0.916. The third kappa shape index (κ3) is 4.50. The van der Waals surface area contributed by atoms with Gasteiger partial charge in [0.25, 0.3) is 0 Å². The Morgan fingerprint density at radius 3 is 2.15 bits per heavy atom. The lowest BCUT2D eigenvalue weighted by molar-refractivity contribution is -0.138. The molecule has 0 atom stereocenters. The molecular formula is C13H19NO4S2. The van der Waals surface area contributed by atoms with E-state index in [4.69, 9.17) is 5.11 Å². The van der Waals surface area contributed by atoms with Crippen molar-refractivity contribution in [3.63, 3.8) is 0 Å². The molecule has 0 fully saturated rings. The van der Waals surface area contributed by atoms with Crippen molar-refractivity contribution in [1.82, 2.24) is 4.72 Å². The van der Waals surface area contributed by atoms with E-state index < -0.39 is 20.7 Å². The number of carboxylic acid groups (broad SMARTS) is 1. The minimum absolute atomic E-state index is 0.170. The lowest BCUT2D eigenvalue weighted by Gasteiger charge is -2.18. The minimum Gasteiger partial charge on any atom is -0.480 e. The van der Waals surface area contributed by atoms with Crippen molar-refractivity contribution in [3.05, 3.63) is 24.3 Å². The second-order valence-electron chi connectivity index (χ2n) is 5.16. The number of thioether (sulfide) groups is 1. The summed E-state index contributed by atoms with van der Waals surface area (Å²) in [6.45, 7) is 6.70. The number of carboxylic acids is 1. The Morgan fingerprint density at radius 1 is 1.25 bits per heavy atom. The van der Waals surface area contributed by atoms with Crippen LogP contribution in [0.3, 0.4) is 0 Å². The lowest BCUT2D eigenvalue weighted by atomic mass is 10.2. The van der Waals surface area contributed by atoms with Crippen molar-refractivity contribution in [1.29, 1.82) is 0 Å². The van der Waals surface area contributed by atoms with Crippen LogP contribution in [0.4, 0.5) is 0 Å². The van der Waals surface area contributed by atoms with Crippen LogP contribution in [-0.4, -0.2) is 30.3 Å². The van der Waals surface area contributed by atoms with E-state index in [-0.39, 0.29) is 10.9 Å². The van der Waals surface area contributed by atoms with Gasteiger partial charge in [-0.25, -0.2) is 13.1 Å². The highest BCUT2D eigenvalue weighted by Crippen LogP contribution is 2.33. The number of carbonyl (C=O) groups is 1. The highest BCUT2D eigenvalue weighted by Gasteiger charge is 2.28. The number of benzene rings is 1. The first-order chi connectivity index (χ1) is 9.04. The molecule has 2 N–H and O–H groups in total. The van der Waals surface area contributed by atoms with Gasteiger partial charge in [0.2, 0.25) is 10.0 Å². The molecule has 0 heterocycles. The maximum Gasteiger partial charge on any atom is 0.319 e. The summed E-state index contributed by atoms with van der Waals surface area (Å²) >= 11 is 1.17. The standard InChI is InChI=1S/C13H19NO4S2/c1-9(2)14-20(17,18)11-7-5-10(6-8-11)19-13(3,4)12(15)16/h5-9,14H,1-4H3,(H,15,16). The molecule has 1 aromatic carbocycles. The fraction of sp³-hybridized carbons (Fsp3) is 0.462. The van der Waals surface area contributed by atoms with E-state index in [1.54, 1.807) is 39.8 Å². The van der Waals surface area contributed by atoms with Gasteiger partial charge >= 0.3 is 5.97 Å². The first-order valence-electron chi connectivity index (χ1n) is 6.09. The molecule has 5 nitrogen and oxygen atoms in total. The summed E-state index contributed by atoms with van der Waals surface area (Å²) in [5.41, 5.74) is 0. The first kappa shape index (κ1) is 17.0. The second-order valence-corrected chi connectivity index (χ2v) is 8.58. The Morgan fingerprint density at radius 2 is 1.75 bits per heavy atom. The smallest absolute Gasteiger partial charge is 0.319 e. The SMILES string of the molecule is CC(C)NS(=O)(=O)c1ccc(SC(C)(C)C(=O)O)cc1. The monoisotopic (exact) mass is 317 g/mol. The van der Waals surface area contributed by atoms with Gasteiger partial charge in [0, 0.05) is 10.9 Å². The average molecular weight is 317 g/mol. The van der Waals surface area contributed by atoms with Crippen molar-refractivity contribution < 1.29 is 18.3 Å². The van der Waals surface area contributed by atoms with E-state index in [0.29, 0.717) is 4.90 Å². The molecule has 0 bridgehead atoms. The van der Waals surface area contributed by atoms with E-state index in [2.05, 4.69) is 4.72 Å². The van der Waals surface area contributed by atoms with Gasteiger partial charge in [0.1, 0.15) is 4.75 Å². The molecule has 0 radical (unpaired) electrons. The summed E-state index contributed by atoms with van der Waals surface area (Å²) in [4.78, 5) is 11.9. The maximum absolute atomic E-state index is 11.9. The fourth-order valence-corrected chi connectivity index (χ4v) is 3.60. The molecule has 0 aromatic heterocycles. The average Bonchev–Trinajstić information content (AvgIpc) is 2.27. The van der Waals surface area contributed by atoms with Crippen LogP contribution in [0.1, 0.15) is 27.7 Å². The van der Waals surface area contributed by atoms with Crippen molar-refractivity contribution in [2.75, 3.05) is 0 Å². The Balaban J connectivity index is 2.93. The Hall–Kier alpha value is -1.05. The van der Waals surface area contributed by atoms with Gasteiger partial charge in [0.05, 0.1) is 4.90 Å². The molecule has 0 unspecified atom stereocenters. The maximum atomic E-state index is 11.9. The quantitative estimate of drug-likeness (QED) is 0.787. The van der Waals surface area contributed by atoms with Crippen LogP contribution in [0.2, 0.25) is 0 Å². The zero-order valence-electron chi connectivity index (χ0n) is 11.9. The Labute approximate surface area is 123 Å². The highest BCUT2D eigenvalue weighted by atomic mass is 32.2. The molecular weight excluding hydrogens is 298 g/mol. The van der Waals surface area contributed by atoms with E-state index in [0.717, 1.165) is 0 Å². The second kappa shape index (κ2) is 6.15. The van der Waals surface area contributed by atoms with E-state index in [1.165, 1.54) is 23.9 Å². The molecule has 1 rings (SSSR count). The van der Waals surface area contributed by atoms with E-state index >= 15 is 0 Å². The van der Waals surface area contributed by atoms with Gasteiger partial charge in [-0.05, 0) is 52.0 Å². The van der Waals surface area contributed by atoms with Crippen LogP contribution in [-0.2, 0) is 14.8 Å².